The highest BCUT2D eigenvalue weighted by molar-refractivity contribution is 6.06. The molecule has 2 rings (SSSR count). The minimum atomic E-state index is -4.63. The van der Waals surface area contributed by atoms with Gasteiger partial charge in [-0.15, -0.1) is 0 Å². The molecule has 1 saturated heterocycles. The van der Waals surface area contributed by atoms with Gasteiger partial charge in [0.25, 0.3) is 5.91 Å². The molecule has 164 valence electrons. The van der Waals surface area contributed by atoms with E-state index >= 15 is 0 Å². The maximum atomic E-state index is 13.2. The summed E-state index contributed by atoms with van der Waals surface area (Å²) in [5.74, 6) is -0.465. The fraction of sp³-hybridized carbons (Fsp3) is 0.476. The van der Waals surface area contributed by atoms with Crippen molar-refractivity contribution in [1.82, 2.24) is 9.88 Å². The Bertz CT molecular complexity index is 874. The van der Waals surface area contributed by atoms with Gasteiger partial charge in [-0.25, -0.2) is 0 Å². The summed E-state index contributed by atoms with van der Waals surface area (Å²) in [6, 6.07) is 0.350. The number of carbonyl (C=O) groups is 1. The predicted octanol–water partition coefficient (Wildman–Crippen LogP) is 4.29. The van der Waals surface area contributed by atoms with Crippen molar-refractivity contribution in [2.75, 3.05) is 12.3 Å². The van der Waals surface area contributed by atoms with Crippen LogP contribution < -0.4 is 11.5 Å². The minimum Gasteiger partial charge on any atom is -0.402 e. The number of hydrogen-bond donors (Lipinski definition) is 2. The van der Waals surface area contributed by atoms with Gasteiger partial charge in [0, 0.05) is 48.0 Å². The summed E-state index contributed by atoms with van der Waals surface area (Å²) in [6.07, 6.45) is 2.34. The monoisotopic (exact) mass is 423 g/mol. The highest BCUT2D eigenvalue weighted by Gasteiger charge is 2.37. The predicted molar refractivity (Wildman–Crippen MR) is 112 cm³/mol. The molecule has 0 saturated carbocycles. The number of likely N-dealkylation sites (tertiary alicyclic amines) is 1. The van der Waals surface area contributed by atoms with Gasteiger partial charge in [-0.05, 0) is 25.8 Å². The molecule has 0 radical (unpaired) electrons. The first-order valence-electron chi connectivity index (χ1n) is 9.96. The number of hydrogen-bond acceptors (Lipinski definition) is 5. The molecule has 4 N–H and O–H groups in total. The molecular weight excluding hydrogens is 395 g/mol. The zero-order valence-electron chi connectivity index (χ0n) is 17.5. The first-order valence-corrected chi connectivity index (χ1v) is 9.96. The zero-order valence-corrected chi connectivity index (χ0v) is 17.5. The van der Waals surface area contributed by atoms with E-state index in [1.807, 2.05) is 26.8 Å². The smallest absolute Gasteiger partial charge is 0.402 e. The molecule has 0 aromatic carbocycles. The summed E-state index contributed by atoms with van der Waals surface area (Å²) in [5, 5.41) is 0. The SMILES string of the molecule is C/C=C/N=C1\CCN(C(=O)c2cnc(C(F)(F)F)cc2N)C(CC)\C1=C(\N)CCC. The van der Waals surface area contributed by atoms with Crippen LogP contribution in [0.3, 0.4) is 0 Å². The maximum Gasteiger partial charge on any atom is 0.433 e. The summed E-state index contributed by atoms with van der Waals surface area (Å²) in [6.45, 7) is 6.16. The summed E-state index contributed by atoms with van der Waals surface area (Å²) in [4.78, 5) is 22.7. The number of amides is 1. The third-order valence-corrected chi connectivity index (χ3v) is 4.96. The average Bonchev–Trinajstić information content (AvgIpc) is 2.70. The molecule has 0 aliphatic carbocycles. The Morgan fingerprint density at radius 3 is 2.63 bits per heavy atom. The summed E-state index contributed by atoms with van der Waals surface area (Å²) >= 11 is 0. The molecule has 1 aliphatic rings. The Hall–Kier alpha value is -2.84. The first-order chi connectivity index (χ1) is 14.1. The average molecular weight is 423 g/mol. The number of aromatic nitrogens is 1. The van der Waals surface area contributed by atoms with E-state index in [-0.39, 0.29) is 17.3 Å². The van der Waals surface area contributed by atoms with Crippen molar-refractivity contribution in [3.63, 3.8) is 0 Å². The van der Waals surface area contributed by atoms with Crippen molar-refractivity contribution in [3.8, 4) is 0 Å². The second-order valence-corrected chi connectivity index (χ2v) is 7.07. The Kier molecular flexibility index (Phi) is 7.64. The molecule has 0 bridgehead atoms. The van der Waals surface area contributed by atoms with Crippen LogP contribution in [-0.2, 0) is 6.18 Å². The van der Waals surface area contributed by atoms with E-state index in [1.54, 1.807) is 11.1 Å². The van der Waals surface area contributed by atoms with Gasteiger partial charge in [0.15, 0.2) is 0 Å². The summed E-state index contributed by atoms with van der Waals surface area (Å²) < 4.78 is 38.6. The van der Waals surface area contributed by atoms with Crippen LogP contribution in [0.25, 0.3) is 0 Å². The van der Waals surface area contributed by atoms with E-state index in [2.05, 4.69) is 9.98 Å². The van der Waals surface area contributed by atoms with Crippen LogP contribution in [0.4, 0.5) is 18.9 Å². The first kappa shape index (κ1) is 23.4. The second-order valence-electron chi connectivity index (χ2n) is 7.07. The fourth-order valence-corrected chi connectivity index (χ4v) is 3.59. The maximum absolute atomic E-state index is 13.2. The van der Waals surface area contributed by atoms with Gasteiger partial charge < -0.3 is 16.4 Å². The highest BCUT2D eigenvalue weighted by Crippen LogP contribution is 2.32. The standard InChI is InChI=1S/C21H28F3N5O/c1-4-7-14(25)19-16(27-9-5-2)8-10-29(17(19)6-3)20(30)13-12-28-18(11-15(13)26)21(22,23)24/h5,9,11-12,17H,4,6-8,10,25H2,1-3H3,(H2,26,28)/b9-5+,19-14+,27-16+. The largest absolute Gasteiger partial charge is 0.433 e. The van der Waals surface area contributed by atoms with E-state index in [1.165, 1.54) is 0 Å². The molecule has 1 atom stereocenters. The quantitative estimate of drug-likeness (QED) is 0.738. The lowest BCUT2D eigenvalue weighted by Gasteiger charge is -2.39. The number of nitrogens with two attached hydrogens (primary N) is 2. The van der Waals surface area contributed by atoms with Gasteiger partial charge in [0.2, 0.25) is 0 Å². The lowest BCUT2D eigenvalue weighted by Crippen LogP contribution is -2.49. The van der Waals surface area contributed by atoms with Gasteiger partial charge in [0.1, 0.15) is 5.69 Å². The Balaban J connectivity index is 2.47. The molecule has 6 nitrogen and oxygen atoms in total. The molecule has 1 unspecified atom stereocenters. The Morgan fingerprint density at radius 1 is 1.40 bits per heavy atom. The Morgan fingerprint density at radius 2 is 2.10 bits per heavy atom. The number of carbonyl (C=O) groups excluding carboxylic acids is 1. The molecular formula is C21H28F3N5O. The Labute approximate surface area is 174 Å². The fourth-order valence-electron chi connectivity index (χ4n) is 3.59. The minimum absolute atomic E-state index is 0.0521. The molecule has 1 aromatic rings. The number of halogens is 3. The van der Waals surface area contributed by atoms with Gasteiger partial charge in [-0.1, -0.05) is 26.3 Å². The topological polar surface area (TPSA) is 97.6 Å². The van der Waals surface area contributed by atoms with Crippen molar-refractivity contribution in [3.05, 3.63) is 47.1 Å². The molecule has 30 heavy (non-hydrogen) atoms. The van der Waals surface area contributed by atoms with E-state index in [0.717, 1.165) is 23.9 Å². The lowest BCUT2D eigenvalue weighted by molar-refractivity contribution is -0.141. The van der Waals surface area contributed by atoms with Gasteiger partial charge in [0.05, 0.1) is 11.6 Å². The van der Waals surface area contributed by atoms with Crippen LogP contribution in [0.5, 0.6) is 0 Å². The van der Waals surface area contributed by atoms with E-state index in [4.69, 9.17) is 11.5 Å². The van der Waals surface area contributed by atoms with Gasteiger partial charge >= 0.3 is 6.18 Å². The van der Waals surface area contributed by atoms with Crippen LogP contribution in [0.15, 0.2) is 40.8 Å². The van der Waals surface area contributed by atoms with Gasteiger partial charge in [-0.3, -0.25) is 14.8 Å². The summed E-state index contributed by atoms with van der Waals surface area (Å²) in [7, 11) is 0. The number of allylic oxidation sites excluding steroid dienone is 2. The van der Waals surface area contributed by atoms with Crippen molar-refractivity contribution >= 4 is 17.3 Å². The highest BCUT2D eigenvalue weighted by atomic mass is 19.4. The third-order valence-electron chi connectivity index (χ3n) is 4.96. The number of piperidine rings is 1. The number of rotatable bonds is 5. The zero-order chi connectivity index (χ0) is 22.5. The number of nitrogens with zero attached hydrogens (tertiary/aromatic N) is 3. The van der Waals surface area contributed by atoms with Crippen molar-refractivity contribution < 1.29 is 18.0 Å². The van der Waals surface area contributed by atoms with E-state index < -0.39 is 17.8 Å². The van der Waals surface area contributed by atoms with E-state index in [9.17, 15) is 18.0 Å². The van der Waals surface area contributed by atoms with E-state index in [0.29, 0.717) is 37.6 Å². The summed E-state index contributed by atoms with van der Waals surface area (Å²) in [5.41, 5.74) is 13.0. The number of anilines is 1. The molecule has 0 spiro atoms. The molecule has 1 aromatic heterocycles. The molecule has 1 aliphatic heterocycles. The molecule has 1 amide bonds. The van der Waals surface area contributed by atoms with Crippen molar-refractivity contribution in [2.45, 2.75) is 58.7 Å². The van der Waals surface area contributed by atoms with Gasteiger partial charge in [-0.2, -0.15) is 13.2 Å². The molecule has 1 fully saturated rings. The lowest BCUT2D eigenvalue weighted by atomic mass is 9.88. The number of aliphatic imine (C=N–C) groups is 1. The molecule has 9 heteroatoms. The van der Waals surface area contributed by atoms with Crippen LogP contribution >= 0.6 is 0 Å². The van der Waals surface area contributed by atoms with Crippen molar-refractivity contribution in [2.24, 2.45) is 10.7 Å². The number of pyridine rings is 1. The number of nitrogen functional groups attached to an aromatic ring is 1. The van der Waals surface area contributed by atoms with Crippen LogP contribution in [-0.4, -0.2) is 34.1 Å². The van der Waals surface area contributed by atoms with Crippen molar-refractivity contribution in [1.29, 1.82) is 0 Å². The second kappa shape index (κ2) is 9.77. The third kappa shape index (κ3) is 5.01. The number of alkyl halides is 3. The van der Waals surface area contributed by atoms with Crippen LogP contribution in [0.2, 0.25) is 0 Å². The van der Waals surface area contributed by atoms with Crippen LogP contribution in [0.1, 0.15) is 62.5 Å². The van der Waals surface area contributed by atoms with Crippen LogP contribution in [0, 0.1) is 0 Å². The normalized spacial score (nSPS) is 20.8. The molecule has 2 heterocycles.